The van der Waals surface area contributed by atoms with Gasteiger partial charge in [0.1, 0.15) is 12.4 Å². The minimum atomic E-state index is -1.01. The Morgan fingerprint density at radius 3 is 2.72 bits per heavy atom. The highest BCUT2D eigenvalue weighted by Gasteiger charge is 2.52. The zero-order valence-corrected chi connectivity index (χ0v) is 14.6. The van der Waals surface area contributed by atoms with Crippen molar-refractivity contribution in [2.45, 2.75) is 44.4 Å². The van der Waals surface area contributed by atoms with Crippen LogP contribution >= 0.6 is 0 Å². The second-order valence-corrected chi connectivity index (χ2v) is 6.22. The first-order valence-corrected chi connectivity index (χ1v) is 8.54. The summed E-state index contributed by atoms with van der Waals surface area (Å²) in [6.45, 7) is 2.67. The van der Waals surface area contributed by atoms with E-state index < -0.39 is 5.41 Å². The van der Waals surface area contributed by atoms with Gasteiger partial charge in [0, 0.05) is 19.4 Å². The number of hydrogen-bond donors (Lipinski definition) is 0. The van der Waals surface area contributed by atoms with E-state index in [0.717, 1.165) is 19.3 Å². The Labute approximate surface area is 149 Å². The molecule has 0 aliphatic carbocycles. The zero-order valence-electron chi connectivity index (χ0n) is 14.6. The van der Waals surface area contributed by atoms with Crippen LogP contribution in [0.2, 0.25) is 0 Å². The molecule has 0 saturated carbocycles. The highest BCUT2D eigenvalue weighted by molar-refractivity contribution is 6.09. The SMILES string of the molecule is C#CCOc1cccc(C2(CC#C)CC(=O)N(CCCCC)C2=O)c1. The molecule has 1 aliphatic rings. The molecule has 1 saturated heterocycles. The van der Waals surface area contributed by atoms with Gasteiger partial charge in [0.05, 0.1) is 5.41 Å². The Hall–Kier alpha value is -2.72. The molecular weight excluding hydrogens is 314 g/mol. The van der Waals surface area contributed by atoms with Crippen molar-refractivity contribution >= 4 is 11.8 Å². The number of rotatable bonds is 8. The van der Waals surface area contributed by atoms with E-state index in [0.29, 0.717) is 17.9 Å². The van der Waals surface area contributed by atoms with Gasteiger partial charge < -0.3 is 4.74 Å². The normalized spacial score (nSPS) is 19.6. The maximum atomic E-state index is 13.1. The molecule has 1 aromatic carbocycles. The summed E-state index contributed by atoms with van der Waals surface area (Å²) in [5, 5.41) is 0. The van der Waals surface area contributed by atoms with E-state index >= 15 is 0 Å². The number of benzene rings is 1. The van der Waals surface area contributed by atoms with Crippen LogP contribution in [0.1, 0.15) is 44.6 Å². The molecule has 0 radical (unpaired) electrons. The highest BCUT2D eigenvalue weighted by atomic mass is 16.5. The van der Waals surface area contributed by atoms with Gasteiger partial charge in [0.25, 0.3) is 0 Å². The first kappa shape index (κ1) is 18.6. The first-order chi connectivity index (χ1) is 12.1. The van der Waals surface area contributed by atoms with Crippen molar-refractivity contribution in [2.24, 2.45) is 0 Å². The van der Waals surface area contributed by atoms with Crippen LogP contribution in [0, 0.1) is 24.7 Å². The van der Waals surface area contributed by atoms with Crippen molar-refractivity contribution < 1.29 is 14.3 Å². The van der Waals surface area contributed by atoms with Crippen LogP contribution in [0.25, 0.3) is 0 Å². The number of amides is 2. The molecule has 25 heavy (non-hydrogen) atoms. The Bertz CT molecular complexity index is 725. The van der Waals surface area contributed by atoms with E-state index in [-0.39, 0.29) is 31.3 Å². The number of ether oxygens (including phenoxy) is 1. The van der Waals surface area contributed by atoms with E-state index in [2.05, 4.69) is 18.8 Å². The molecule has 4 heteroatoms. The minimum Gasteiger partial charge on any atom is -0.481 e. The molecule has 0 bridgehead atoms. The number of unbranched alkanes of at least 4 members (excludes halogenated alkanes) is 2. The summed E-state index contributed by atoms with van der Waals surface area (Å²) in [7, 11) is 0. The number of hydrogen-bond acceptors (Lipinski definition) is 3. The van der Waals surface area contributed by atoms with Gasteiger partial charge in [-0.05, 0) is 24.1 Å². The first-order valence-electron chi connectivity index (χ1n) is 8.54. The maximum absolute atomic E-state index is 13.1. The fourth-order valence-electron chi connectivity index (χ4n) is 3.20. The van der Waals surface area contributed by atoms with E-state index in [1.165, 1.54) is 4.90 Å². The average Bonchev–Trinajstić information content (AvgIpc) is 2.86. The Balaban J connectivity index is 2.33. The van der Waals surface area contributed by atoms with Gasteiger partial charge in [-0.25, -0.2) is 0 Å². The predicted molar refractivity (Wildman–Crippen MR) is 96.8 cm³/mol. The summed E-state index contributed by atoms with van der Waals surface area (Å²) >= 11 is 0. The zero-order chi connectivity index (χ0) is 18.3. The number of imide groups is 1. The topological polar surface area (TPSA) is 46.6 Å². The van der Waals surface area contributed by atoms with E-state index in [4.69, 9.17) is 17.6 Å². The molecule has 0 spiro atoms. The van der Waals surface area contributed by atoms with Crippen LogP contribution in [-0.2, 0) is 15.0 Å². The second-order valence-electron chi connectivity index (χ2n) is 6.22. The molecule has 1 fully saturated rings. The fourth-order valence-corrected chi connectivity index (χ4v) is 3.20. The monoisotopic (exact) mass is 337 g/mol. The van der Waals surface area contributed by atoms with E-state index in [9.17, 15) is 9.59 Å². The molecule has 1 unspecified atom stereocenters. The summed E-state index contributed by atoms with van der Waals surface area (Å²) in [6, 6.07) is 7.14. The standard InChI is InChI=1S/C21H23NO3/c1-4-7-8-13-22-19(23)16-21(12-5-2,20(22)24)17-10-9-11-18(15-17)25-14-6-3/h2-3,9-11,15H,4,7-8,12-14,16H2,1H3. The predicted octanol–water partition coefficient (Wildman–Crippen LogP) is 2.91. The van der Waals surface area contributed by atoms with Crippen molar-refractivity contribution in [3.05, 3.63) is 29.8 Å². The van der Waals surface area contributed by atoms with Gasteiger partial charge in [-0.15, -0.1) is 18.8 Å². The molecule has 1 aromatic rings. The summed E-state index contributed by atoms with van der Waals surface area (Å²) in [5.74, 6) is 5.18. The molecule has 2 rings (SSSR count). The van der Waals surface area contributed by atoms with Crippen molar-refractivity contribution in [1.29, 1.82) is 0 Å². The highest BCUT2D eigenvalue weighted by Crippen LogP contribution is 2.40. The minimum absolute atomic E-state index is 0.0980. The lowest BCUT2D eigenvalue weighted by Crippen LogP contribution is -2.38. The number of carbonyl (C=O) groups excluding carboxylic acids is 2. The third kappa shape index (κ3) is 3.86. The fraction of sp³-hybridized carbons (Fsp3) is 0.429. The smallest absolute Gasteiger partial charge is 0.241 e. The van der Waals surface area contributed by atoms with Crippen LogP contribution in [0.3, 0.4) is 0 Å². The Morgan fingerprint density at radius 2 is 2.04 bits per heavy atom. The number of likely N-dealkylation sites (tertiary alicyclic amines) is 1. The average molecular weight is 337 g/mol. The second kappa shape index (κ2) is 8.40. The molecule has 1 aliphatic heterocycles. The lowest BCUT2D eigenvalue weighted by Gasteiger charge is -2.26. The van der Waals surface area contributed by atoms with Crippen molar-refractivity contribution in [1.82, 2.24) is 4.90 Å². The molecule has 130 valence electrons. The van der Waals surface area contributed by atoms with Crippen LogP contribution < -0.4 is 4.74 Å². The lowest BCUT2D eigenvalue weighted by molar-refractivity contribution is -0.139. The third-order valence-electron chi connectivity index (χ3n) is 4.51. The molecule has 1 atom stereocenters. The van der Waals surface area contributed by atoms with Gasteiger partial charge in [0.2, 0.25) is 11.8 Å². The van der Waals surface area contributed by atoms with Crippen LogP contribution in [0.15, 0.2) is 24.3 Å². The van der Waals surface area contributed by atoms with Gasteiger partial charge in [-0.3, -0.25) is 14.5 Å². The number of nitrogens with zero attached hydrogens (tertiary/aromatic N) is 1. The van der Waals surface area contributed by atoms with Crippen LogP contribution in [-0.4, -0.2) is 29.9 Å². The summed E-state index contributed by atoms with van der Waals surface area (Å²) < 4.78 is 5.45. The summed E-state index contributed by atoms with van der Waals surface area (Å²) in [6.07, 6.45) is 13.9. The quantitative estimate of drug-likeness (QED) is 0.416. The summed E-state index contributed by atoms with van der Waals surface area (Å²) in [5.41, 5.74) is -0.301. The van der Waals surface area contributed by atoms with Gasteiger partial charge in [-0.2, -0.15) is 0 Å². The molecule has 0 aromatic heterocycles. The third-order valence-corrected chi connectivity index (χ3v) is 4.51. The van der Waals surface area contributed by atoms with Gasteiger partial charge in [-0.1, -0.05) is 37.8 Å². The molecular formula is C21H23NO3. The number of carbonyl (C=O) groups is 2. The number of terminal acetylenes is 2. The van der Waals surface area contributed by atoms with Crippen LogP contribution in [0.4, 0.5) is 0 Å². The molecule has 1 heterocycles. The molecule has 0 N–H and O–H groups in total. The van der Waals surface area contributed by atoms with Crippen LogP contribution in [0.5, 0.6) is 5.75 Å². The van der Waals surface area contributed by atoms with Crippen molar-refractivity contribution in [2.75, 3.05) is 13.2 Å². The van der Waals surface area contributed by atoms with Crippen molar-refractivity contribution in [3.8, 4) is 30.4 Å². The largest absolute Gasteiger partial charge is 0.481 e. The van der Waals surface area contributed by atoms with Gasteiger partial charge in [0.15, 0.2) is 0 Å². The molecule has 2 amide bonds. The lowest BCUT2D eigenvalue weighted by atomic mass is 9.76. The maximum Gasteiger partial charge on any atom is 0.241 e. The Kier molecular flexibility index (Phi) is 6.25. The van der Waals surface area contributed by atoms with Gasteiger partial charge >= 0.3 is 0 Å². The molecule has 4 nitrogen and oxygen atoms in total. The van der Waals surface area contributed by atoms with Crippen molar-refractivity contribution in [3.63, 3.8) is 0 Å². The Morgan fingerprint density at radius 1 is 1.24 bits per heavy atom. The summed E-state index contributed by atoms with van der Waals surface area (Å²) in [4.78, 5) is 26.9. The van der Waals surface area contributed by atoms with E-state index in [1.54, 1.807) is 18.2 Å². The van der Waals surface area contributed by atoms with E-state index in [1.807, 2.05) is 6.07 Å².